The van der Waals surface area contributed by atoms with Crippen molar-refractivity contribution in [2.75, 3.05) is 5.88 Å². The molecule has 0 spiro atoms. The van der Waals surface area contributed by atoms with Crippen molar-refractivity contribution >= 4 is 39.8 Å². The molecule has 0 aliphatic carbocycles. The fourth-order valence-electron chi connectivity index (χ4n) is 1.28. The van der Waals surface area contributed by atoms with Gasteiger partial charge >= 0.3 is 5.69 Å². The number of aliphatic imine (C=N–C) groups is 1. The predicted molar refractivity (Wildman–Crippen MR) is 60.5 cm³/mol. The van der Waals surface area contributed by atoms with Gasteiger partial charge in [-0.25, -0.2) is 9.62 Å². The van der Waals surface area contributed by atoms with Crippen LogP contribution in [-0.4, -0.2) is 27.0 Å². The zero-order valence-corrected chi connectivity index (χ0v) is 9.09. The Kier molecular flexibility index (Phi) is 2.88. The molecule has 0 bridgehead atoms. The first-order chi connectivity index (χ1) is 8.13. The van der Waals surface area contributed by atoms with Crippen LogP contribution in [0.1, 0.15) is 0 Å². The lowest BCUT2D eigenvalue weighted by atomic mass is 10.2. The molecule has 0 unspecified atom stereocenters. The molecule has 9 heteroatoms. The van der Waals surface area contributed by atoms with E-state index >= 15 is 0 Å². The number of nitro groups is 1. The van der Waals surface area contributed by atoms with Gasteiger partial charge in [0.1, 0.15) is 17.0 Å². The monoisotopic (exact) mass is 255 g/mol. The molecule has 2 rings (SSSR count). The third kappa shape index (κ3) is 2.02. The van der Waals surface area contributed by atoms with Crippen LogP contribution in [0.3, 0.4) is 0 Å². The molecule has 0 saturated heterocycles. The second kappa shape index (κ2) is 4.34. The van der Waals surface area contributed by atoms with E-state index in [0.717, 1.165) is 0 Å². The summed E-state index contributed by atoms with van der Waals surface area (Å²) in [5.74, 6) is 0.0530. The van der Waals surface area contributed by atoms with E-state index in [0.29, 0.717) is 0 Å². The number of nitrogens with two attached hydrogens (primary N) is 1. The average molecular weight is 256 g/mol. The Morgan fingerprint density at radius 2 is 2.35 bits per heavy atom. The van der Waals surface area contributed by atoms with Crippen LogP contribution in [0.25, 0.3) is 11.0 Å². The topological polar surface area (TPSA) is 120 Å². The van der Waals surface area contributed by atoms with E-state index in [1.54, 1.807) is 0 Å². The molecule has 0 radical (unpaired) electrons. The van der Waals surface area contributed by atoms with Crippen molar-refractivity contribution in [3.63, 3.8) is 0 Å². The highest BCUT2D eigenvalue weighted by molar-refractivity contribution is 6.28. The Bertz CT molecular complexity index is 608. The summed E-state index contributed by atoms with van der Waals surface area (Å²) >= 11 is 5.46. The van der Waals surface area contributed by atoms with Crippen LogP contribution in [-0.2, 0) is 0 Å². The van der Waals surface area contributed by atoms with Gasteiger partial charge in [-0.2, -0.15) is 0 Å². The largest absolute Gasteiger partial charge is 0.386 e. The highest BCUT2D eigenvalue weighted by Crippen LogP contribution is 2.33. The minimum atomic E-state index is -0.618. The smallest absolute Gasteiger partial charge is 0.326 e. The van der Waals surface area contributed by atoms with Gasteiger partial charge in [0, 0.05) is 0 Å². The van der Waals surface area contributed by atoms with Crippen molar-refractivity contribution in [2.45, 2.75) is 0 Å². The maximum atomic E-state index is 11.0. The fraction of sp³-hybridized carbons (Fsp3) is 0.125. The van der Waals surface area contributed by atoms with Gasteiger partial charge < -0.3 is 5.73 Å². The zero-order valence-electron chi connectivity index (χ0n) is 8.33. The van der Waals surface area contributed by atoms with Crippen molar-refractivity contribution < 1.29 is 9.55 Å². The zero-order chi connectivity index (χ0) is 12.4. The lowest BCUT2D eigenvalue weighted by molar-refractivity contribution is -0.382. The summed E-state index contributed by atoms with van der Waals surface area (Å²) < 4.78 is 4.43. The third-order valence-electron chi connectivity index (χ3n) is 1.96. The van der Waals surface area contributed by atoms with Gasteiger partial charge in [-0.1, -0.05) is 0 Å². The first-order valence-electron chi connectivity index (χ1n) is 4.42. The van der Waals surface area contributed by atoms with Gasteiger partial charge in [-0.3, -0.25) is 10.1 Å². The number of halogens is 1. The molecule has 1 aromatic carbocycles. The van der Waals surface area contributed by atoms with E-state index in [1.807, 2.05) is 0 Å². The van der Waals surface area contributed by atoms with Crippen molar-refractivity contribution in [2.24, 2.45) is 10.7 Å². The first kappa shape index (κ1) is 11.3. The van der Waals surface area contributed by atoms with E-state index in [4.69, 9.17) is 17.3 Å². The van der Waals surface area contributed by atoms with Crippen molar-refractivity contribution in [3.8, 4) is 0 Å². The Morgan fingerprint density at radius 3 is 3.00 bits per heavy atom. The summed E-state index contributed by atoms with van der Waals surface area (Å²) in [6.07, 6.45) is 0. The SMILES string of the molecule is NC(CCl)=Nc1ccc2nonc2c1[N+](=O)[O-]. The number of nitro benzene ring substituents is 1. The van der Waals surface area contributed by atoms with E-state index in [-0.39, 0.29) is 34.1 Å². The second-order valence-electron chi connectivity index (χ2n) is 3.06. The molecule has 0 fully saturated rings. The minimum absolute atomic E-state index is 0.0216. The summed E-state index contributed by atoms with van der Waals surface area (Å²) in [6, 6.07) is 2.91. The van der Waals surface area contributed by atoms with E-state index in [2.05, 4.69) is 19.9 Å². The lowest BCUT2D eigenvalue weighted by Gasteiger charge is -1.98. The highest BCUT2D eigenvalue weighted by atomic mass is 35.5. The standard InChI is InChI=1S/C8H6ClN5O3/c9-3-6(10)11-5-2-1-4-7(13-17-12-4)8(5)14(15)16/h1-2H,3H2,(H2,10,11). The summed E-state index contributed by atoms with van der Waals surface area (Å²) in [4.78, 5) is 14.2. The number of alkyl halides is 1. The normalized spacial score (nSPS) is 11.9. The molecule has 0 saturated carbocycles. The lowest BCUT2D eigenvalue weighted by Crippen LogP contribution is -2.12. The van der Waals surface area contributed by atoms with E-state index in [1.165, 1.54) is 12.1 Å². The van der Waals surface area contributed by atoms with Crippen molar-refractivity contribution in [1.82, 2.24) is 10.3 Å². The number of hydrogen-bond donors (Lipinski definition) is 1. The number of fused-ring (bicyclic) bond motifs is 1. The molecular formula is C8H6ClN5O3. The molecule has 2 N–H and O–H groups in total. The third-order valence-corrected chi connectivity index (χ3v) is 2.24. The summed E-state index contributed by atoms with van der Waals surface area (Å²) in [7, 11) is 0. The Balaban J connectivity index is 2.70. The molecule has 2 aromatic rings. The molecule has 88 valence electrons. The molecule has 0 amide bonds. The molecule has 8 nitrogen and oxygen atoms in total. The van der Waals surface area contributed by atoms with Gasteiger partial charge in [0.25, 0.3) is 0 Å². The quantitative estimate of drug-likeness (QED) is 0.291. The van der Waals surface area contributed by atoms with E-state index in [9.17, 15) is 10.1 Å². The minimum Gasteiger partial charge on any atom is -0.386 e. The molecule has 17 heavy (non-hydrogen) atoms. The van der Waals surface area contributed by atoms with E-state index < -0.39 is 4.92 Å². The van der Waals surface area contributed by atoms with Gasteiger partial charge in [-0.05, 0) is 22.4 Å². The number of rotatable bonds is 3. The molecular weight excluding hydrogens is 250 g/mol. The van der Waals surface area contributed by atoms with Crippen LogP contribution < -0.4 is 5.73 Å². The maximum absolute atomic E-state index is 11.0. The predicted octanol–water partition coefficient (Wildman–Crippen LogP) is 1.36. The summed E-state index contributed by atoms with van der Waals surface area (Å²) in [6.45, 7) is 0. The second-order valence-corrected chi connectivity index (χ2v) is 3.33. The fourth-order valence-corrected chi connectivity index (χ4v) is 1.34. The van der Waals surface area contributed by atoms with Crippen LogP contribution in [0.5, 0.6) is 0 Å². The van der Waals surface area contributed by atoms with Crippen LogP contribution in [0.4, 0.5) is 11.4 Å². The Morgan fingerprint density at radius 1 is 1.59 bits per heavy atom. The average Bonchev–Trinajstić information content (AvgIpc) is 2.75. The summed E-state index contributed by atoms with van der Waals surface area (Å²) in [5, 5.41) is 17.9. The molecule has 0 atom stereocenters. The van der Waals surface area contributed by atoms with Gasteiger partial charge in [0.05, 0.1) is 10.8 Å². The van der Waals surface area contributed by atoms with Gasteiger partial charge in [-0.15, -0.1) is 11.6 Å². The number of hydrogen-bond acceptors (Lipinski definition) is 6. The Hall–Kier alpha value is -2.22. The number of amidine groups is 1. The van der Waals surface area contributed by atoms with Crippen LogP contribution in [0.2, 0.25) is 0 Å². The van der Waals surface area contributed by atoms with Crippen molar-refractivity contribution in [3.05, 3.63) is 22.2 Å². The number of aromatic nitrogens is 2. The van der Waals surface area contributed by atoms with Crippen LogP contribution >= 0.6 is 11.6 Å². The maximum Gasteiger partial charge on any atom is 0.326 e. The molecule has 1 heterocycles. The molecule has 1 aromatic heterocycles. The van der Waals surface area contributed by atoms with Gasteiger partial charge in [0.2, 0.25) is 5.52 Å². The van der Waals surface area contributed by atoms with Crippen LogP contribution in [0.15, 0.2) is 21.8 Å². The summed E-state index contributed by atoms with van der Waals surface area (Å²) in [5.41, 5.74) is 5.49. The van der Waals surface area contributed by atoms with Crippen molar-refractivity contribution in [1.29, 1.82) is 0 Å². The Labute approximate surface area is 99.2 Å². The molecule has 0 aliphatic rings. The molecule has 0 aliphatic heterocycles. The number of benzene rings is 1. The highest BCUT2D eigenvalue weighted by Gasteiger charge is 2.22. The van der Waals surface area contributed by atoms with Gasteiger partial charge in [0.15, 0.2) is 0 Å². The first-order valence-corrected chi connectivity index (χ1v) is 4.95. The number of nitrogens with zero attached hydrogens (tertiary/aromatic N) is 4. The van der Waals surface area contributed by atoms with Crippen LogP contribution in [0, 0.1) is 10.1 Å².